The summed E-state index contributed by atoms with van der Waals surface area (Å²) in [5, 5.41) is 8.87. The maximum atomic E-state index is 8.87. The van der Waals surface area contributed by atoms with Gasteiger partial charge in [0.1, 0.15) is 12.9 Å². The molecule has 2 atom stereocenters. The van der Waals surface area contributed by atoms with E-state index in [0.29, 0.717) is 13.2 Å². The second-order valence-corrected chi connectivity index (χ2v) is 2.84. The molecule has 5 nitrogen and oxygen atoms in total. The van der Waals surface area contributed by atoms with E-state index in [9.17, 15) is 0 Å². The first-order chi connectivity index (χ1) is 6.88. The predicted molar refractivity (Wildman–Crippen MR) is 48.7 cm³/mol. The van der Waals surface area contributed by atoms with E-state index in [2.05, 4.69) is 0 Å². The zero-order valence-corrected chi connectivity index (χ0v) is 8.22. The highest BCUT2D eigenvalue weighted by molar-refractivity contribution is 4.96. The van der Waals surface area contributed by atoms with Crippen molar-refractivity contribution in [2.45, 2.75) is 12.2 Å². The van der Waals surface area contributed by atoms with Gasteiger partial charge in [0.05, 0.1) is 26.1 Å². The van der Waals surface area contributed by atoms with Crippen molar-refractivity contribution in [2.75, 3.05) is 33.7 Å². The van der Waals surface area contributed by atoms with E-state index in [1.54, 1.807) is 13.2 Å². The van der Waals surface area contributed by atoms with Crippen molar-refractivity contribution < 1.29 is 24.1 Å². The van der Waals surface area contributed by atoms with E-state index in [0.717, 1.165) is 0 Å². The molecule has 5 heteroatoms. The lowest BCUT2D eigenvalue weighted by Gasteiger charge is -2.16. The van der Waals surface area contributed by atoms with Crippen LogP contribution in [0.3, 0.4) is 0 Å². The lowest BCUT2D eigenvalue weighted by atomic mass is 10.2. The Labute approximate surface area is 83.2 Å². The molecule has 0 aliphatic carbocycles. The highest BCUT2D eigenvalue weighted by atomic mass is 16.7. The number of hydrogen-bond acceptors (Lipinski definition) is 5. The third-order valence-corrected chi connectivity index (χ3v) is 1.84. The summed E-state index contributed by atoms with van der Waals surface area (Å²) in [5.74, 6) is 0. The Hall–Kier alpha value is -0.620. The van der Waals surface area contributed by atoms with Crippen molar-refractivity contribution in [3.63, 3.8) is 0 Å². The molecule has 1 rings (SSSR count). The monoisotopic (exact) mass is 204 g/mol. The van der Waals surface area contributed by atoms with Crippen LogP contribution in [0.1, 0.15) is 0 Å². The molecule has 0 amide bonds. The molecule has 14 heavy (non-hydrogen) atoms. The molecule has 0 radical (unpaired) electrons. The van der Waals surface area contributed by atoms with E-state index in [1.165, 1.54) is 6.26 Å². The molecule has 0 saturated heterocycles. The molecule has 0 unspecified atom stereocenters. The number of methoxy groups -OCH3 is 1. The topological polar surface area (TPSA) is 57.2 Å². The van der Waals surface area contributed by atoms with Crippen LogP contribution in [0.5, 0.6) is 0 Å². The Kier molecular flexibility index (Phi) is 5.55. The van der Waals surface area contributed by atoms with Crippen LogP contribution in [-0.4, -0.2) is 51.0 Å². The highest BCUT2D eigenvalue weighted by Crippen LogP contribution is 2.13. The van der Waals surface area contributed by atoms with Gasteiger partial charge >= 0.3 is 0 Å². The number of aliphatic hydroxyl groups is 1. The van der Waals surface area contributed by atoms with E-state index >= 15 is 0 Å². The molecule has 0 bridgehead atoms. The minimum atomic E-state index is -0.305. The van der Waals surface area contributed by atoms with Crippen molar-refractivity contribution in [1.82, 2.24) is 0 Å². The summed E-state index contributed by atoms with van der Waals surface area (Å²) in [7, 11) is 1.61. The Morgan fingerprint density at radius 3 is 3.00 bits per heavy atom. The van der Waals surface area contributed by atoms with Crippen molar-refractivity contribution in [3.05, 3.63) is 12.3 Å². The molecule has 1 aliphatic heterocycles. The minimum Gasteiger partial charge on any atom is -0.493 e. The molecule has 1 N–H and O–H groups in total. The smallest absolute Gasteiger partial charge is 0.151 e. The highest BCUT2D eigenvalue weighted by Gasteiger charge is 2.24. The van der Waals surface area contributed by atoms with Crippen LogP contribution >= 0.6 is 0 Å². The van der Waals surface area contributed by atoms with Gasteiger partial charge in [0, 0.05) is 7.11 Å². The van der Waals surface area contributed by atoms with Gasteiger partial charge in [0.25, 0.3) is 0 Å². The van der Waals surface area contributed by atoms with Crippen LogP contribution in [-0.2, 0) is 18.9 Å². The second kappa shape index (κ2) is 6.78. The number of hydrogen-bond donors (Lipinski definition) is 1. The van der Waals surface area contributed by atoms with Crippen molar-refractivity contribution >= 4 is 0 Å². The Morgan fingerprint density at radius 1 is 1.43 bits per heavy atom. The number of ether oxygens (including phenoxy) is 4. The van der Waals surface area contributed by atoms with Crippen LogP contribution < -0.4 is 0 Å². The normalized spacial score (nSPS) is 25.3. The van der Waals surface area contributed by atoms with Gasteiger partial charge in [-0.05, 0) is 6.08 Å². The van der Waals surface area contributed by atoms with Crippen LogP contribution in [0, 0.1) is 0 Å². The zero-order valence-electron chi connectivity index (χ0n) is 8.22. The summed E-state index contributed by atoms with van der Waals surface area (Å²) in [5.41, 5.74) is 0. The minimum absolute atomic E-state index is 0.0598. The van der Waals surface area contributed by atoms with Gasteiger partial charge in [0.15, 0.2) is 6.10 Å². The maximum Gasteiger partial charge on any atom is 0.151 e. The Bertz CT molecular complexity index is 171. The molecular weight excluding hydrogens is 188 g/mol. The molecule has 0 saturated carbocycles. The predicted octanol–water partition coefficient (Wildman–Crippen LogP) is -0.103. The fraction of sp³-hybridized carbons (Fsp3) is 0.778. The lowest BCUT2D eigenvalue weighted by molar-refractivity contribution is -0.112. The maximum absolute atomic E-state index is 8.87. The van der Waals surface area contributed by atoms with Crippen molar-refractivity contribution in [3.8, 4) is 0 Å². The lowest BCUT2D eigenvalue weighted by Crippen LogP contribution is -2.29. The van der Waals surface area contributed by atoms with Gasteiger partial charge in [-0.2, -0.15) is 0 Å². The molecule has 1 heterocycles. The summed E-state index contributed by atoms with van der Waals surface area (Å²) < 4.78 is 20.3. The van der Waals surface area contributed by atoms with Gasteiger partial charge < -0.3 is 24.1 Å². The van der Waals surface area contributed by atoms with E-state index < -0.39 is 0 Å². The quantitative estimate of drug-likeness (QED) is 0.463. The largest absolute Gasteiger partial charge is 0.493 e. The first-order valence-corrected chi connectivity index (χ1v) is 4.49. The summed E-state index contributed by atoms with van der Waals surface area (Å²) >= 11 is 0. The van der Waals surface area contributed by atoms with E-state index in [-0.39, 0.29) is 25.6 Å². The van der Waals surface area contributed by atoms with Gasteiger partial charge in [-0.15, -0.1) is 0 Å². The molecular formula is C9H16O5. The third kappa shape index (κ3) is 3.63. The SMILES string of the molecule is COCCOCO[C@H]1C=CO[C@@H]1CO. The van der Waals surface area contributed by atoms with E-state index in [1.807, 2.05) is 0 Å². The fourth-order valence-electron chi connectivity index (χ4n) is 1.06. The molecule has 0 spiro atoms. The Balaban J connectivity index is 2.03. The molecule has 0 aromatic heterocycles. The van der Waals surface area contributed by atoms with Crippen LogP contribution in [0.15, 0.2) is 12.3 Å². The molecule has 0 aromatic rings. The van der Waals surface area contributed by atoms with Crippen molar-refractivity contribution in [2.24, 2.45) is 0 Å². The van der Waals surface area contributed by atoms with Gasteiger partial charge in [-0.3, -0.25) is 0 Å². The summed E-state index contributed by atoms with van der Waals surface area (Å²) in [6.07, 6.45) is 2.75. The first kappa shape index (κ1) is 11.5. The van der Waals surface area contributed by atoms with E-state index in [4.69, 9.17) is 24.1 Å². The summed E-state index contributed by atoms with van der Waals surface area (Å²) in [4.78, 5) is 0. The van der Waals surface area contributed by atoms with Crippen LogP contribution in [0.25, 0.3) is 0 Å². The van der Waals surface area contributed by atoms with Gasteiger partial charge in [-0.25, -0.2) is 0 Å². The average Bonchev–Trinajstić information content (AvgIpc) is 2.65. The Morgan fingerprint density at radius 2 is 2.29 bits per heavy atom. The number of rotatable bonds is 7. The molecule has 1 aliphatic rings. The van der Waals surface area contributed by atoms with Crippen LogP contribution in [0.4, 0.5) is 0 Å². The zero-order chi connectivity index (χ0) is 10.2. The van der Waals surface area contributed by atoms with Crippen molar-refractivity contribution in [1.29, 1.82) is 0 Å². The van der Waals surface area contributed by atoms with Gasteiger partial charge in [-0.1, -0.05) is 0 Å². The average molecular weight is 204 g/mol. The second-order valence-electron chi connectivity index (χ2n) is 2.84. The molecule has 0 fully saturated rings. The fourth-order valence-corrected chi connectivity index (χ4v) is 1.06. The standard InChI is InChI=1S/C9H16O5/c1-11-4-5-12-7-14-8-2-3-13-9(8)6-10/h2-3,8-10H,4-7H2,1H3/t8-,9+/m0/s1. The molecule has 0 aromatic carbocycles. The van der Waals surface area contributed by atoms with Crippen LogP contribution in [0.2, 0.25) is 0 Å². The number of aliphatic hydroxyl groups excluding tert-OH is 1. The third-order valence-electron chi connectivity index (χ3n) is 1.84. The van der Waals surface area contributed by atoms with Gasteiger partial charge in [0.2, 0.25) is 0 Å². The first-order valence-electron chi connectivity index (χ1n) is 4.49. The molecule has 82 valence electrons. The summed E-state index contributed by atoms with van der Waals surface area (Å²) in [6.45, 7) is 1.16. The summed E-state index contributed by atoms with van der Waals surface area (Å²) in [6, 6.07) is 0.